The van der Waals surface area contributed by atoms with Gasteiger partial charge < -0.3 is 4.74 Å². The van der Waals surface area contributed by atoms with E-state index in [1.807, 2.05) is 13.0 Å². The van der Waals surface area contributed by atoms with E-state index in [1.54, 1.807) is 12.3 Å². The molecule has 5 heteroatoms. The highest BCUT2D eigenvalue weighted by Gasteiger charge is 2.16. The van der Waals surface area contributed by atoms with Crippen LogP contribution in [0.15, 0.2) is 24.4 Å². The topological polar surface area (TPSA) is 65.3 Å². The first-order chi connectivity index (χ1) is 7.63. The molecule has 0 saturated carbocycles. The fourth-order valence-corrected chi connectivity index (χ4v) is 1.60. The van der Waals surface area contributed by atoms with Crippen LogP contribution in [0.25, 0.3) is 10.9 Å². The van der Waals surface area contributed by atoms with Crippen LogP contribution in [0, 0.1) is 17.0 Å². The monoisotopic (exact) mass is 218 g/mol. The molecule has 82 valence electrons. The number of nitro benzene ring substituents is 1. The Morgan fingerprint density at radius 2 is 2.19 bits per heavy atom. The van der Waals surface area contributed by atoms with Crippen LogP contribution in [-0.4, -0.2) is 17.0 Å². The molecule has 0 aliphatic rings. The van der Waals surface area contributed by atoms with Crippen molar-refractivity contribution in [2.24, 2.45) is 0 Å². The molecule has 0 unspecified atom stereocenters. The Bertz CT molecular complexity index is 566. The molecule has 0 amide bonds. The van der Waals surface area contributed by atoms with Crippen LogP contribution in [0.2, 0.25) is 0 Å². The third kappa shape index (κ3) is 1.56. The Morgan fingerprint density at radius 3 is 2.81 bits per heavy atom. The summed E-state index contributed by atoms with van der Waals surface area (Å²) in [5.74, 6) is 0.468. The molecule has 2 rings (SSSR count). The van der Waals surface area contributed by atoms with Gasteiger partial charge in [0.1, 0.15) is 11.3 Å². The van der Waals surface area contributed by atoms with E-state index in [0.717, 1.165) is 10.9 Å². The van der Waals surface area contributed by atoms with Crippen LogP contribution in [-0.2, 0) is 0 Å². The van der Waals surface area contributed by atoms with E-state index in [-0.39, 0.29) is 5.69 Å². The zero-order valence-corrected chi connectivity index (χ0v) is 8.93. The molecular formula is C11H10N2O3. The molecular weight excluding hydrogens is 208 g/mol. The number of methoxy groups -OCH3 is 1. The second kappa shape index (κ2) is 3.77. The fraction of sp³-hybridized carbons (Fsp3) is 0.182. The maximum Gasteiger partial charge on any atom is 0.299 e. The van der Waals surface area contributed by atoms with Gasteiger partial charge in [-0.25, -0.2) is 4.98 Å². The molecule has 0 atom stereocenters. The van der Waals surface area contributed by atoms with E-state index in [1.165, 1.54) is 13.2 Å². The van der Waals surface area contributed by atoms with Crippen molar-refractivity contribution >= 4 is 16.6 Å². The van der Waals surface area contributed by atoms with Gasteiger partial charge in [-0.3, -0.25) is 10.1 Å². The minimum atomic E-state index is -0.447. The number of hydrogen-bond acceptors (Lipinski definition) is 4. The summed E-state index contributed by atoms with van der Waals surface area (Å²) < 4.78 is 5.04. The summed E-state index contributed by atoms with van der Waals surface area (Å²) in [6.45, 7) is 1.88. The van der Waals surface area contributed by atoms with E-state index in [2.05, 4.69) is 4.98 Å². The van der Waals surface area contributed by atoms with E-state index in [9.17, 15) is 10.1 Å². The number of benzene rings is 1. The number of ether oxygens (including phenoxy) is 1. The molecule has 1 heterocycles. The van der Waals surface area contributed by atoms with Crippen molar-refractivity contribution in [3.8, 4) is 5.75 Å². The lowest BCUT2D eigenvalue weighted by atomic mass is 10.1. The number of fused-ring (bicyclic) bond motifs is 1. The Labute approximate surface area is 91.8 Å². The van der Waals surface area contributed by atoms with Crippen LogP contribution >= 0.6 is 0 Å². The molecule has 0 bridgehead atoms. The van der Waals surface area contributed by atoms with Crippen molar-refractivity contribution in [3.63, 3.8) is 0 Å². The Balaban J connectivity index is 2.87. The van der Waals surface area contributed by atoms with Crippen molar-refractivity contribution in [1.82, 2.24) is 4.98 Å². The summed E-state index contributed by atoms with van der Waals surface area (Å²) in [6, 6.07) is 4.95. The number of nitrogens with zero attached hydrogens (tertiary/aromatic N) is 2. The maximum absolute atomic E-state index is 10.9. The van der Waals surface area contributed by atoms with Crippen molar-refractivity contribution in [3.05, 3.63) is 40.1 Å². The molecule has 0 radical (unpaired) electrons. The number of rotatable bonds is 2. The maximum atomic E-state index is 10.9. The van der Waals surface area contributed by atoms with E-state index in [4.69, 9.17) is 4.74 Å². The minimum absolute atomic E-state index is 0.0296. The normalized spacial score (nSPS) is 10.4. The first-order valence-electron chi connectivity index (χ1n) is 4.71. The third-order valence-corrected chi connectivity index (χ3v) is 2.45. The lowest BCUT2D eigenvalue weighted by Gasteiger charge is -2.05. The van der Waals surface area contributed by atoms with Gasteiger partial charge in [-0.05, 0) is 24.6 Å². The molecule has 0 spiro atoms. The Hall–Kier alpha value is -2.17. The smallest absolute Gasteiger partial charge is 0.299 e. The summed E-state index contributed by atoms with van der Waals surface area (Å²) >= 11 is 0. The highest BCUT2D eigenvalue weighted by molar-refractivity contribution is 5.90. The van der Waals surface area contributed by atoms with E-state index < -0.39 is 4.92 Å². The van der Waals surface area contributed by atoms with Gasteiger partial charge in [0.15, 0.2) is 0 Å². The summed E-state index contributed by atoms with van der Waals surface area (Å²) in [5, 5.41) is 11.6. The summed E-state index contributed by atoms with van der Waals surface area (Å²) in [7, 11) is 1.48. The quantitative estimate of drug-likeness (QED) is 0.573. The highest BCUT2D eigenvalue weighted by atomic mass is 16.6. The number of non-ortho nitro benzene ring substituents is 1. The average molecular weight is 218 g/mol. The number of pyridine rings is 1. The largest absolute Gasteiger partial charge is 0.496 e. The number of nitro groups is 1. The van der Waals surface area contributed by atoms with Gasteiger partial charge in [0.25, 0.3) is 5.69 Å². The van der Waals surface area contributed by atoms with Gasteiger partial charge in [0, 0.05) is 11.6 Å². The minimum Gasteiger partial charge on any atom is -0.496 e. The molecule has 0 N–H and O–H groups in total. The van der Waals surface area contributed by atoms with E-state index >= 15 is 0 Å². The van der Waals surface area contributed by atoms with Crippen molar-refractivity contribution < 1.29 is 9.66 Å². The zero-order chi connectivity index (χ0) is 11.7. The van der Waals surface area contributed by atoms with Gasteiger partial charge in [-0.2, -0.15) is 0 Å². The molecule has 1 aromatic carbocycles. The highest BCUT2D eigenvalue weighted by Crippen LogP contribution is 2.30. The zero-order valence-electron chi connectivity index (χ0n) is 8.93. The molecule has 0 aliphatic heterocycles. The summed E-state index contributed by atoms with van der Waals surface area (Å²) in [6.07, 6.45) is 1.57. The summed E-state index contributed by atoms with van der Waals surface area (Å²) in [4.78, 5) is 14.5. The summed E-state index contributed by atoms with van der Waals surface area (Å²) in [5.41, 5.74) is 1.30. The second-order valence-corrected chi connectivity index (χ2v) is 3.43. The predicted molar refractivity (Wildman–Crippen MR) is 59.7 cm³/mol. The molecule has 0 fully saturated rings. The predicted octanol–water partition coefficient (Wildman–Crippen LogP) is 2.46. The number of aryl methyl sites for hydroxylation is 1. The fourth-order valence-electron chi connectivity index (χ4n) is 1.60. The average Bonchev–Trinajstić information content (AvgIpc) is 2.28. The van der Waals surface area contributed by atoms with Gasteiger partial charge in [0.2, 0.25) is 0 Å². The molecule has 0 aliphatic carbocycles. The van der Waals surface area contributed by atoms with Crippen LogP contribution in [0.4, 0.5) is 5.69 Å². The third-order valence-electron chi connectivity index (χ3n) is 2.45. The lowest BCUT2D eigenvalue weighted by molar-refractivity contribution is -0.383. The van der Waals surface area contributed by atoms with Gasteiger partial charge in [-0.1, -0.05) is 0 Å². The van der Waals surface area contributed by atoms with Gasteiger partial charge in [-0.15, -0.1) is 0 Å². The second-order valence-electron chi connectivity index (χ2n) is 3.43. The number of hydrogen-bond donors (Lipinski definition) is 0. The van der Waals surface area contributed by atoms with Crippen molar-refractivity contribution in [1.29, 1.82) is 0 Å². The SMILES string of the molecule is COc1cc([N+](=O)[O-])c2nccc(C)c2c1. The van der Waals surface area contributed by atoms with Crippen LogP contribution in [0.5, 0.6) is 5.75 Å². The van der Waals surface area contributed by atoms with Crippen LogP contribution in [0.1, 0.15) is 5.56 Å². The molecule has 0 saturated heterocycles. The standard InChI is InChI=1S/C11H10N2O3/c1-7-3-4-12-11-9(7)5-8(16-2)6-10(11)13(14)15/h3-6H,1-2H3. The first kappa shape index (κ1) is 10.4. The van der Waals surface area contributed by atoms with Crippen molar-refractivity contribution in [2.45, 2.75) is 6.92 Å². The number of aromatic nitrogens is 1. The van der Waals surface area contributed by atoms with Crippen molar-refractivity contribution in [2.75, 3.05) is 7.11 Å². The van der Waals surface area contributed by atoms with E-state index in [0.29, 0.717) is 11.3 Å². The molecule has 5 nitrogen and oxygen atoms in total. The first-order valence-corrected chi connectivity index (χ1v) is 4.71. The molecule has 16 heavy (non-hydrogen) atoms. The van der Waals surface area contributed by atoms with Gasteiger partial charge >= 0.3 is 0 Å². The van der Waals surface area contributed by atoms with Gasteiger partial charge in [0.05, 0.1) is 18.1 Å². The Kier molecular flexibility index (Phi) is 2.44. The molecule has 2 aromatic rings. The van der Waals surface area contributed by atoms with Crippen LogP contribution < -0.4 is 4.74 Å². The Morgan fingerprint density at radius 1 is 1.44 bits per heavy atom. The molecule has 1 aromatic heterocycles. The van der Waals surface area contributed by atoms with Crippen LogP contribution in [0.3, 0.4) is 0 Å². The lowest BCUT2D eigenvalue weighted by Crippen LogP contribution is -1.94.